The molecule has 0 aromatic carbocycles. The summed E-state index contributed by atoms with van der Waals surface area (Å²) in [6, 6.07) is 2.62. The van der Waals surface area contributed by atoms with Gasteiger partial charge in [0, 0.05) is 25.2 Å². The Morgan fingerprint density at radius 2 is 2.16 bits per heavy atom. The summed E-state index contributed by atoms with van der Waals surface area (Å²) >= 11 is 0. The van der Waals surface area contributed by atoms with Crippen LogP contribution in [0.5, 0.6) is 5.88 Å². The van der Waals surface area contributed by atoms with Crippen LogP contribution in [0.3, 0.4) is 0 Å². The monoisotopic (exact) mass is 264 g/mol. The summed E-state index contributed by atoms with van der Waals surface area (Å²) in [5.74, 6) is 1.46. The van der Waals surface area contributed by atoms with Crippen LogP contribution in [-0.4, -0.2) is 47.7 Å². The molecule has 1 fully saturated rings. The lowest BCUT2D eigenvalue weighted by atomic mass is 10.2. The van der Waals surface area contributed by atoms with Crippen molar-refractivity contribution >= 4 is 5.82 Å². The Morgan fingerprint density at radius 3 is 2.89 bits per heavy atom. The van der Waals surface area contributed by atoms with Crippen LogP contribution in [0.2, 0.25) is 0 Å². The van der Waals surface area contributed by atoms with Crippen LogP contribution in [0.1, 0.15) is 32.6 Å². The zero-order chi connectivity index (χ0) is 13.5. The van der Waals surface area contributed by atoms with E-state index in [4.69, 9.17) is 4.74 Å². The number of nitrogens with one attached hydrogen (secondary N) is 1. The first-order valence-corrected chi connectivity index (χ1v) is 7.18. The van der Waals surface area contributed by atoms with E-state index >= 15 is 0 Å². The molecule has 0 radical (unpaired) electrons. The zero-order valence-corrected chi connectivity index (χ0v) is 11.9. The van der Waals surface area contributed by atoms with Crippen molar-refractivity contribution in [3.05, 3.63) is 12.4 Å². The van der Waals surface area contributed by atoms with Crippen molar-refractivity contribution in [1.29, 1.82) is 0 Å². The summed E-state index contributed by atoms with van der Waals surface area (Å²) in [6.07, 6.45) is 6.99. The van der Waals surface area contributed by atoms with E-state index in [-0.39, 0.29) is 0 Å². The topological polar surface area (TPSA) is 50.3 Å². The number of nitrogens with zero attached hydrogens (tertiary/aromatic N) is 3. The van der Waals surface area contributed by atoms with Gasteiger partial charge in [0.05, 0.1) is 6.61 Å². The van der Waals surface area contributed by atoms with Gasteiger partial charge in [-0.3, -0.25) is 0 Å². The summed E-state index contributed by atoms with van der Waals surface area (Å²) in [4.78, 5) is 10.7. The van der Waals surface area contributed by atoms with Crippen LogP contribution >= 0.6 is 0 Å². The van der Waals surface area contributed by atoms with Crippen molar-refractivity contribution in [3.63, 3.8) is 0 Å². The van der Waals surface area contributed by atoms with Crippen molar-refractivity contribution in [2.45, 2.75) is 38.6 Å². The molecule has 0 bridgehead atoms. The first-order chi connectivity index (χ1) is 9.29. The van der Waals surface area contributed by atoms with Crippen LogP contribution in [-0.2, 0) is 0 Å². The van der Waals surface area contributed by atoms with Gasteiger partial charge in [0.25, 0.3) is 0 Å². The SMILES string of the molecule is CCOc1cc(NCCN(C)C2CCCC2)ncn1. The van der Waals surface area contributed by atoms with Crippen molar-refractivity contribution in [3.8, 4) is 5.88 Å². The number of aromatic nitrogens is 2. The fraction of sp³-hybridized carbons (Fsp3) is 0.714. The Hall–Kier alpha value is -1.36. The smallest absolute Gasteiger partial charge is 0.218 e. The largest absolute Gasteiger partial charge is 0.478 e. The molecule has 1 aliphatic carbocycles. The number of likely N-dealkylation sites (N-methyl/N-ethyl adjacent to an activating group) is 1. The molecule has 2 rings (SSSR count). The molecular formula is C14H24N4O. The van der Waals surface area contributed by atoms with Crippen LogP contribution in [0.25, 0.3) is 0 Å². The van der Waals surface area contributed by atoms with Crippen molar-refractivity contribution in [2.24, 2.45) is 0 Å². The number of hydrogen-bond donors (Lipinski definition) is 1. The molecule has 1 saturated carbocycles. The Kier molecular flexibility index (Phi) is 5.39. The number of anilines is 1. The molecule has 1 aromatic rings. The fourth-order valence-corrected chi connectivity index (χ4v) is 2.55. The number of rotatable bonds is 7. The molecule has 0 atom stereocenters. The molecule has 19 heavy (non-hydrogen) atoms. The van der Waals surface area contributed by atoms with Crippen LogP contribution < -0.4 is 10.1 Å². The average molecular weight is 264 g/mol. The maximum Gasteiger partial charge on any atom is 0.218 e. The Morgan fingerprint density at radius 1 is 1.37 bits per heavy atom. The van der Waals surface area contributed by atoms with Gasteiger partial charge in [0.2, 0.25) is 5.88 Å². The summed E-state index contributed by atoms with van der Waals surface area (Å²) in [5.41, 5.74) is 0. The van der Waals surface area contributed by atoms with E-state index in [1.807, 2.05) is 13.0 Å². The predicted octanol–water partition coefficient (Wildman–Crippen LogP) is 2.16. The molecule has 5 nitrogen and oxygen atoms in total. The third-order valence-corrected chi connectivity index (χ3v) is 3.65. The Labute approximate surface area is 115 Å². The van der Waals surface area contributed by atoms with E-state index in [1.54, 1.807) is 0 Å². The molecule has 0 amide bonds. The van der Waals surface area contributed by atoms with Gasteiger partial charge in [-0.15, -0.1) is 0 Å². The van der Waals surface area contributed by atoms with Gasteiger partial charge in [-0.2, -0.15) is 0 Å². The number of ether oxygens (including phenoxy) is 1. The van der Waals surface area contributed by atoms with Crippen LogP contribution in [0.4, 0.5) is 5.82 Å². The fourth-order valence-electron chi connectivity index (χ4n) is 2.55. The summed E-state index contributed by atoms with van der Waals surface area (Å²) in [5, 5.41) is 3.33. The maximum atomic E-state index is 5.35. The third kappa shape index (κ3) is 4.35. The normalized spacial score (nSPS) is 15.9. The molecule has 1 N–H and O–H groups in total. The minimum absolute atomic E-state index is 0.626. The molecule has 0 aliphatic heterocycles. The van der Waals surface area contributed by atoms with E-state index in [0.717, 1.165) is 24.9 Å². The molecule has 0 spiro atoms. The second-order valence-corrected chi connectivity index (χ2v) is 5.02. The standard InChI is InChI=1S/C14H24N4O/c1-3-19-14-10-13(16-11-17-14)15-8-9-18(2)12-6-4-5-7-12/h10-12H,3-9H2,1-2H3,(H,15,16,17). The highest BCUT2D eigenvalue weighted by Crippen LogP contribution is 2.22. The quantitative estimate of drug-likeness (QED) is 0.818. The van der Waals surface area contributed by atoms with E-state index in [1.165, 1.54) is 32.0 Å². The Balaban J connectivity index is 1.73. The van der Waals surface area contributed by atoms with E-state index < -0.39 is 0 Å². The van der Waals surface area contributed by atoms with Crippen LogP contribution in [0.15, 0.2) is 12.4 Å². The first-order valence-electron chi connectivity index (χ1n) is 7.18. The summed E-state index contributed by atoms with van der Waals surface area (Å²) in [6.45, 7) is 4.51. The average Bonchev–Trinajstić information content (AvgIpc) is 2.93. The van der Waals surface area contributed by atoms with Crippen LogP contribution in [0, 0.1) is 0 Å². The van der Waals surface area contributed by atoms with Gasteiger partial charge in [-0.05, 0) is 26.8 Å². The van der Waals surface area contributed by atoms with E-state index in [0.29, 0.717) is 12.5 Å². The summed E-state index contributed by atoms with van der Waals surface area (Å²) in [7, 11) is 2.21. The Bertz CT molecular complexity index is 379. The lowest BCUT2D eigenvalue weighted by Gasteiger charge is -2.24. The second kappa shape index (κ2) is 7.28. The lowest BCUT2D eigenvalue weighted by Crippen LogP contribution is -2.33. The van der Waals surface area contributed by atoms with Gasteiger partial charge in [-0.1, -0.05) is 12.8 Å². The zero-order valence-electron chi connectivity index (χ0n) is 11.9. The minimum Gasteiger partial charge on any atom is -0.478 e. The minimum atomic E-state index is 0.626. The molecule has 1 heterocycles. The predicted molar refractivity (Wildman–Crippen MR) is 76.6 cm³/mol. The van der Waals surface area contributed by atoms with Gasteiger partial charge >= 0.3 is 0 Å². The van der Waals surface area contributed by atoms with Crippen molar-refractivity contribution < 1.29 is 4.74 Å². The second-order valence-electron chi connectivity index (χ2n) is 5.02. The highest BCUT2D eigenvalue weighted by atomic mass is 16.5. The summed E-state index contributed by atoms with van der Waals surface area (Å²) < 4.78 is 5.35. The molecule has 0 unspecified atom stereocenters. The van der Waals surface area contributed by atoms with E-state index in [9.17, 15) is 0 Å². The molecular weight excluding hydrogens is 240 g/mol. The lowest BCUT2D eigenvalue weighted by molar-refractivity contribution is 0.254. The maximum absolute atomic E-state index is 5.35. The van der Waals surface area contributed by atoms with Gasteiger partial charge in [-0.25, -0.2) is 9.97 Å². The van der Waals surface area contributed by atoms with Crippen molar-refractivity contribution in [2.75, 3.05) is 32.1 Å². The molecule has 106 valence electrons. The molecule has 1 aliphatic rings. The van der Waals surface area contributed by atoms with Gasteiger partial charge < -0.3 is 15.0 Å². The van der Waals surface area contributed by atoms with Crippen molar-refractivity contribution in [1.82, 2.24) is 14.9 Å². The van der Waals surface area contributed by atoms with E-state index in [2.05, 4.69) is 27.2 Å². The van der Waals surface area contributed by atoms with Gasteiger partial charge in [0.1, 0.15) is 12.1 Å². The van der Waals surface area contributed by atoms with Gasteiger partial charge in [0.15, 0.2) is 0 Å². The molecule has 0 saturated heterocycles. The number of hydrogen-bond acceptors (Lipinski definition) is 5. The molecule has 5 heteroatoms. The highest BCUT2D eigenvalue weighted by molar-refractivity contribution is 5.36. The highest BCUT2D eigenvalue weighted by Gasteiger charge is 2.18. The third-order valence-electron chi connectivity index (χ3n) is 3.65. The molecule has 1 aromatic heterocycles. The first kappa shape index (κ1) is 14.1.